The molecule has 104 valence electrons. The van der Waals surface area contributed by atoms with E-state index in [9.17, 15) is 15.0 Å². The Morgan fingerprint density at radius 2 is 1.60 bits per heavy atom. The van der Waals surface area contributed by atoms with Crippen molar-refractivity contribution in [2.24, 2.45) is 0 Å². The monoisotopic (exact) mass is 270 g/mol. The average Bonchev–Trinajstić information content (AvgIpc) is 2.48. The van der Waals surface area contributed by atoms with Crippen molar-refractivity contribution in [2.75, 3.05) is 0 Å². The summed E-state index contributed by atoms with van der Waals surface area (Å²) in [6.45, 7) is 2.15. The predicted molar refractivity (Wildman–Crippen MR) is 78.3 cm³/mol. The summed E-state index contributed by atoms with van der Waals surface area (Å²) in [5.41, 5.74) is 2.16. The van der Waals surface area contributed by atoms with Gasteiger partial charge < -0.3 is 10.2 Å². The molecule has 0 atom stereocenters. The molecule has 0 aliphatic rings. The van der Waals surface area contributed by atoms with Crippen molar-refractivity contribution < 1.29 is 15.0 Å². The fourth-order valence-electron chi connectivity index (χ4n) is 2.04. The summed E-state index contributed by atoms with van der Waals surface area (Å²) < 4.78 is 0. The Morgan fingerprint density at radius 3 is 2.20 bits per heavy atom. The van der Waals surface area contributed by atoms with Crippen molar-refractivity contribution in [2.45, 2.75) is 26.2 Å². The molecular weight excluding hydrogens is 252 g/mol. The number of benzene rings is 2. The summed E-state index contributed by atoms with van der Waals surface area (Å²) in [5, 5.41) is 18.7. The third-order valence-electron chi connectivity index (χ3n) is 3.27. The first-order chi connectivity index (χ1) is 9.61. The van der Waals surface area contributed by atoms with Crippen LogP contribution in [0.5, 0.6) is 11.5 Å². The van der Waals surface area contributed by atoms with Crippen LogP contribution in [0, 0.1) is 0 Å². The minimum absolute atomic E-state index is 0.164. The molecule has 0 bridgehead atoms. The van der Waals surface area contributed by atoms with E-state index in [-0.39, 0.29) is 17.3 Å². The van der Waals surface area contributed by atoms with Crippen LogP contribution in [0.4, 0.5) is 0 Å². The van der Waals surface area contributed by atoms with Gasteiger partial charge in [-0.25, -0.2) is 0 Å². The molecule has 0 aromatic heterocycles. The van der Waals surface area contributed by atoms with E-state index < -0.39 is 0 Å². The average molecular weight is 270 g/mol. The van der Waals surface area contributed by atoms with Gasteiger partial charge in [-0.1, -0.05) is 37.6 Å². The fraction of sp³-hybridized carbons (Fsp3) is 0.235. The summed E-state index contributed by atoms with van der Waals surface area (Å²) in [7, 11) is 0. The molecule has 3 heteroatoms. The van der Waals surface area contributed by atoms with Crippen LogP contribution >= 0.6 is 0 Å². The molecule has 2 N–H and O–H groups in total. The lowest BCUT2D eigenvalue weighted by molar-refractivity contribution is 0.103. The van der Waals surface area contributed by atoms with Crippen molar-refractivity contribution in [1.82, 2.24) is 0 Å². The van der Waals surface area contributed by atoms with Gasteiger partial charge in [-0.05, 0) is 36.6 Å². The van der Waals surface area contributed by atoms with Crippen LogP contribution in [-0.4, -0.2) is 16.0 Å². The number of phenols is 2. The molecular formula is C17H18O3. The Balaban J connectivity index is 2.18. The molecule has 20 heavy (non-hydrogen) atoms. The minimum atomic E-state index is -0.282. The number of hydrogen-bond acceptors (Lipinski definition) is 3. The summed E-state index contributed by atoms with van der Waals surface area (Å²) >= 11 is 0. The number of rotatable bonds is 5. The number of carbonyl (C=O) groups is 1. The molecule has 3 nitrogen and oxygen atoms in total. The van der Waals surface area contributed by atoms with Gasteiger partial charge in [0.15, 0.2) is 17.3 Å². The summed E-state index contributed by atoms with van der Waals surface area (Å²) in [4.78, 5) is 12.2. The van der Waals surface area contributed by atoms with E-state index >= 15 is 0 Å². The normalized spacial score (nSPS) is 10.4. The van der Waals surface area contributed by atoms with E-state index in [0.717, 1.165) is 19.3 Å². The van der Waals surface area contributed by atoms with Crippen LogP contribution in [0.15, 0.2) is 42.5 Å². The van der Waals surface area contributed by atoms with Gasteiger partial charge >= 0.3 is 0 Å². The highest BCUT2D eigenvalue weighted by atomic mass is 16.3. The first-order valence-electron chi connectivity index (χ1n) is 6.77. The number of carbonyl (C=O) groups excluding carboxylic acids is 1. The number of aromatic hydroxyl groups is 2. The SMILES string of the molecule is CCCCc1ccc(C(=O)c2ccc(O)c(O)c2)cc1. The molecule has 0 fully saturated rings. The third-order valence-corrected chi connectivity index (χ3v) is 3.27. The zero-order valence-electron chi connectivity index (χ0n) is 11.5. The molecule has 0 saturated heterocycles. The van der Waals surface area contributed by atoms with Crippen LogP contribution < -0.4 is 0 Å². The molecule has 0 aliphatic heterocycles. The highest BCUT2D eigenvalue weighted by Crippen LogP contribution is 2.26. The van der Waals surface area contributed by atoms with E-state index in [4.69, 9.17) is 0 Å². The summed E-state index contributed by atoms with van der Waals surface area (Å²) in [6.07, 6.45) is 3.30. The zero-order chi connectivity index (χ0) is 14.5. The van der Waals surface area contributed by atoms with E-state index in [1.807, 2.05) is 12.1 Å². The van der Waals surface area contributed by atoms with Crippen molar-refractivity contribution >= 4 is 5.78 Å². The second-order valence-corrected chi connectivity index (χ2v) is 4.83. The van der Waals surface area contributed by atoms with Gasteiger partial charge in [-0.2, -0.15) is 0 Å². The maximum absolute atomic E-state index is 12.2. The van der Waals surface area contributed by atoms with Gasteiger partial charge in [0.1, 0.15) is 0 Å². The Labute approximate surface area is 118 Å². The maximum Gasteiger partial charge on any atom is 0.193 e. The number of ketones is 1. The lowest BCUT2D eigenvalue weighted by Gasteiger charge is -2.05. The van der Waals surface area contributed by atoms with Crippen LogP contribution in [0.25, 0.3) is 0 Å². The zero-order valence-corrected chi connectivity index (χ0v) is 11.5. The second-order valence-electron chi connectivity index (χ2n) is 4.83. The van der Waals surface area contributed by atoms with E-state index in [2.05, 4.69) is 6.92 Å². The quantitative estimate of drug-likeness (QED) is 0.643. The Morgan fingerprint density at radius 1 is 0.950 bits per heavy atom. The molecule has 2 rings (SSSR count). The summed E-state index contributed by atoms with van der Waals surface area (Å²) in [5.74, 6) is -0.672. The molecule has 0 heterocycles. The predicted octanol–water partition coefficient (Wildman–Crippen LogP) is 3.67. The highest BCUT2D eigenvalue weighted by Gasteiger charge is 2.11. The number of hydrogen-bond donors (Lipinski definition) is 2. The van der Waals surface area contributed by atoms with Crippen molar-refractivity contribution in [3.63, 3.8) is 0 Å². The van der Waals surface area contributed by atoms with Gasteiger partial charge in [-0.15, -0.1) is 0 Å². The van der Waals surface area contributed by atoms with E-state index in [1.54, 1.807) is 12.1 Å². The number of aryl methyl sites for hydroxylation is 1. The molecule has 0 saturated carbocycles. The topological polar surface area (TPSA) is 57.5 Å². The second kappa shape index (κ2) is 6.24. The largest absolute Gasteiger partial charge is 0.504 e. The maximum atomic E-state index is 12.2. The molecule has 0 spiro atoms. The van der Waals surface area contributed by atoms with Crippen molar-refractivity contribution in [3.8, 4) is 11.5 Å². The van der Waals surface area contributed by atoms with Gasteiger partial charge in [0.05, 0.1) is 0 Å². The summed E-state index contributed by atoms with van der Waals surface area (Å²) in [6, 6.07) is 11.6. The minimum Gasteiger partial charge on any atom is -0.504 e. The molecule has 2 aromatic rings. The lowest BCUT2D eigenvalue weighted by atomic mass is 10.00. The standard InChI is InChI=1S/C17H18O3/c1-2-3-4-12-5-7-13(8-6-12)17(20)14-9-10-15(18)16(19)11-14/h5-11,18-19H,2-4H2,1H3. The molecule has 0 unspecified atom stereocenters. The van der Waals surface area contributed by atoms with Gasteiger partial charge in [0.2, 0.25) is 0 Å². The van der Waals surface area contributed by atoms with Crippen LogP contribution in [0.3, 0.4) is 0 Å². The lowest BCUT2D eigenvalue weighted by Crippen LogP contribution is -2.01. The number of unbranched alkanes of at least 4 members (excludes halogenated alkanes) is 1. The number of phenolic OH excluding ortho intramolecular Hbond substituents is 2. The van der Waals surface area contributed by atoms with Crippen molar-refractivity contribution in [1.29, 1.82) is 0 Å². The smallest absolute Gasteiger partial charge is 0.193 e. The van der Waals surface area contributed by atoms with Gasteiger partial charge in [0, 0.05) is 11.1 Å². The van der Waals surface area contributed by atoms with Gasteiger partial charge in [0.25, 0.3) is 0 Å². The molecule has 0 aliphatic carbocycles. The van der Waals surface area contributed by atoms with E-state index in [1.165, 1.54) is 23.8 Å². The van der Waals surface area contributed by atoms with Crippen LogP contribution in [0.2, 0.25) is 0 Å². The Bertz CT molecular complexity index is 600. The Hall–Kier alpha value is -2.29. The fourth-order valence-corrected chi connectivity index (χ4v) is 2.04. The first kappa shape index (κ1) is 14.1. The van der Waals surface area contributed by atoms with Crippen LogP contribution in [-0.2, 0) is 6.42 Å². The third kappa shape index (κ3) is 3.18. The Kier molecular flexibility index (Phi) is 4.41. The van der Waals surface area contributed by atoms with E-state index in [0.29, 0.717) is 11.1 Å². The van der Waals surface area contributed by atoms with Crippen LogP contribution in [0.1, 0.15) is 41.3 Å². The van der Waals surface area contributed by atoms with Crippen molar-refractivity contribution in [3.05, 3.63) is 59.2 Å². The molecule has 2 aromatic carbocycles. The highest BCUT2D eigenvalue weighted by molar-refractivity contribution is 6.09. The molecule has 0 amide bonds. The van der Waals surface area contributed by atoms with Gasteiger partial charge in [-0.3, -0.25) is 4.79 Å². The molecule has 0 radical (unpaired) electrons. The first-order valence-corrected chi connectivity index (χ1v) is 6.77.